The topological polar surface area (TPSA) is 51.3 Å². The first-order chi connectivity index (χ1) is 14.8. The number of fused-ring (bicyclic) bond motifs is 2. The summed E-state index contributed by atoms with van der Waals surface area (Å²) in [6.07, 6.45) is 6.83. The number of benzene rings is 1. The summed E-state index contributed by atoms with van der Waals surface area (Å²) in [6, 6.07) is 6.79. The quantitative estimate of drug-likeness (QED) is 0.514. The first-order valence-electron chi connectivity index (χ1n) is 10.6. The average Bonchev–Trinajstić information content (AvgIpc) is 3.08. The molecule has 0 amide bonds. The number of rotatable bonds is 2. The van der Waals surface area contributed by atoms with E-state index in [1.807, 2.05) is 0 Å². The summed E-state index contributed by atoms with van der Waals surface area (Å²) in [7, 11) is 0. The zero-order valence-electron chi connectivity index (χ0n) is 17.7. The normalized spacial score (nSPS) is 21.8. The van der Waals surface area contributed by atoms with Crippen LogP contribution < -0.4 is 10.9 Å². The molecule has 0 radical (unpaired) electrons. The number of aromatic nitrogens is 3. The van der Waals surface area contributed by atoms with Gasteiger partial charge >= 0.3 is 0 Å². The average molecular weight is 422 g/mol. The number of imidazole rings is 1. The first kappa shape index (κ1) is 19.9. The number of halogens is 2. The highest BCUT2D eigenvalue weighted by Crippen LogP contribution is 2.29. The molecule has 4 heterocycles. The third kappa shape index (κ3) is 3.43. The van der Waals surface area contributed by atoms with E-state index < -0.39 is 11.6 Å². The molecule has 3 atom stereocenters. The second-order valence-electron chi connectivity index (χ2n) is 8.73. The molecule has 5 nitrogen and oxygen atoms in total. The number of pyridine rings is 2. The van der Waals surface area contributed by atoms with Crippen molar-refractivity contribution in [3.8, 4) is 11.1 Å². The maximum Gasteiger partial charge on any atom is 0.261 e. The Labute approximate surface area is 178 Å². The van der Waals surface area contributed by atoms with Crippen molar-refractivity contribution in [3.63, 3.8) is 0 Å². The minimum absolute atomic E-state index is 0.0308. The zero-order valence-corrected chi connectivity index (χ0v) is 17.7. The lowest BCUT2D eigenvalue weighted by molar-refractivity contribution is 0.260. The van der Waals surface area contributed by atoms with Gasteiger partial charge in [0.1, 0.15) is 5.82 Å². The van der Waals surface area contributed by atoms with Crippen molar-refractivity contribution >= 4 is 16.4 Å². The summed E-state index contributed by atoms with van der Waals surface area (Å²) in [5.41, 5.74) is 1.64. The molecule has 0 spiro atoms. The molecule has 1 aliphatic rings. The fourth-order valence-corrected chi connectivity index (χ4v) is 4.90. The third-order valence-corrected chi connectivity index (χ3v) is 6.16. The van der Waals surface area contributed by atoms with Gasteiger partial charge < -0.3 is 14.3 Å². The van der Waals surface area contributed by atoms with Crippen LogP contribution in [0, 0.1) is 18.6 Å². The smallest absolute Gasteiger partial charge is 0.261 e. The highest BCUT2D eigenvalue weighted by atomic mass is 19.1. The molecule has 1 saturated heterocycles. The van der Waals surface area contributed by atoms with Gasteiger partial charge in [0.2, 0.25) is 0 Å². The van der Waals surface area contributed by atoms with Gasteiger partial charge in [-0.3, -0.25) is 4.79 Å². The Hall–Kier alpha value is -3.06. The Balaban J connectivity index is 1.62. The van der Waals surface area contributed by atoms with Crippen LogP contribution >= 0.6 is 0 Å². The van der Waals surface area contributed by atoms with Crippen LogP contribution in [0.4, 0.5) is 8.78 Å². The summed E-state index contributed by atoms with van der Waals surface area (Å²) in [5, 5.41) is 4.05. The molecular weight excluding hydrogens is 398 g/mol. The van der Waals surface area contributed by atoms with Crippen LogP contribution in [0.5, 0.6) is 0 Å². The fraction of sp³-hybridized carbons (Fsp3) is 0.333. The number of nitrogens with one attached hydrogen (secondary N) is 1. The van der Waals surface area contributed by atoms with E-state index in [1.165, 1.54) is 12.1 Å². The van der Waals surface area contributed by atoms with Crippen molar-refractivity contribution in [3.05, 3.63) is 70.5 Å². The van der Waals surface area contributed by atoms with Crippen LogP contribution in [-0.2, 0) is 0 Å². The molecule has 4 aromatic rings. The molecule has 5 rings (SSSR count). The minimum atomic E-state index is -0.593. The molecule has 1 fully saturated rings. The summed E-state index contributed by atoms with van der Waals surface area (Å²) >= 11 is 0. The molecule has 3 aromatic heterocycles. The SMILES string of the molecule is Cc1cn2cc(-c3cc(F)c4c(=O)n([C@H]5C[C@@H](C)N[C@@H](C)C5)ccc4c3)cc(F)c2n1. The van der Waals surface area contributed by atoms with Crippen LogP contribution in [0.3, 0.4) is 0 Å². The van der Waals surface area contributed by atoms with Gasteiger partial charge in [0.25, 0.3) is 5.56 Å². The highest BCUT2D eigenvalue weighted by Gasteiger charge is 2.26. The van der Waals surface area contributed by atoms with Crippen molar-refractivity contribution < 1.29 is 8.78 Å². The Morgan fingerprint density at radius 1 is 1.03 bits per heavy atom. The summed E-state index contributed by atoms with van der Waals surface area (Å²) in [4.78, 5) is 17.3. The number of aryl methyl sites for hydroxylation is 1. The number of hydrogen-bond donors (Lipinski definition) is 1. The number of nitrogens with zero attached hydrogens (tertiary/aromatic N) is 3. The molecule has 31 heavy (non-hydrogen) atoms. The predicted molar refractivity (Wildman–Crippen MR) is 117 cm³/mol. The van der Waals surface area contributed by atoms with Crippen LogP contribution in [-0.4, -0.2) is 26.0 Å². The first-order valence-corrected chi connectivity index (χ1v) is 10.6. The lowest BCUT2D eigenvalue weighted by Crippen LogP contribution is -2.44. The second-order valence-corrected chi connectivity index (χ2v) is 8.73. The fourth-order valence-electron chi connectivity index (χ4n) is 4.90. The minimum Gasteiger partial charge on any atom is -0.312 e. The molecule has 0 saturated carbocycles. The van der Waals surface area contributed by atoms with Crippen LogP contribution in [0.2, 0.25) is 0 Å². The van der Waals surface area contributed by atoms with Crippen LogP contribution in [0.25, 0.3) is 27.5 Å². The monoisotopic (exact) mass is 422 g/mol. The van der Waals surface area contributed by atoms with Crippen molar-refractivity contribution in [1.82, 2.24) is 19.3 Å². The standard InChI is InChI=1S/C24H24F2N4O/c1-13-6-19(7-14(2)27-13)30-5-4-16-8-17(9-20(25)22(16)24(30)31)18-10-21(26)23-28-15(3)11-29(23)12-18/h4-5,8-14,19,27H,6-7H2,1-3H3/t13-,14+,19+. The Kier molecular flexibility index (Phi) is 4.66. The van der Waals surface area contributed by atoms with Crippen molar-refractivity contribution in [2.75, 3.05) is 0 Å². The van der Waals surface area contributed by atoms with E-state index in [4.69, 9.17) is 0 Å². The van der Waals surface area contributed by atoms with Gasteiger partial charge in [0, 0.05) is 42.3 Å². The van der Waals surface area contributed by atoms with E-state index in [1.54, 1.807) is 46.6 Å². The van der Waals surface area contributed by atoms with Gasteiger partial charge in [0.05, 0.1) is 11.1 Å². The van der Waals surface area contributed by atoms with E-state index in [9.17, 15) is 9.18 Å². The summed E-state index contributed by atoms with van der Waals surface area (Å²) < 4.78 is 32.9. The molecule has 7 heteroatoms. The van der Waals surface area contributed by atoms with Gasteiger partial charge in [0.15, 0.2) is 11.5 Å². The number of piperidine rings is 1. The predicted octanol–water partition coefficient (Wildman–Crippen LogP) is 4.60. The number of hydrogen-bond acceptors (Lipinski definition) is 3. The van der Waals surface area contributed by atoms with Crippen LogP contribution in [0.15, 0.2) is 47.7 Å². The lowest BCUT2D eigenvalue weighted by Gasteiger charge is -2.34. The molecule has 0 aliphatic carbocycles. The van der Waals surface area contributed by atoms with Gasteiger partial charge in [-0.25, -0.2) is 13.8 Å². The molecule has 1 N–H and O–H groups in total. The van der Waals surface area contributed by atoms with E-state index in [0.29, 0.717) is 34.3 Å². The van der Waals surface area contributed by atoms with Crippen molar-refractivity contribution in [1.29, 1.82) is 0 Å². The van der Waals surface area contributed by atoms with Gasteiger partial charge in [-0.1, -0.05) is 0 Å². The van der Waals surface area contributed by atoms with Gasteiger partial charge in [-0.15, -0.1) is 0 Å². The van der Waals surface area contributed by atoms with Gasteiger partial charge in [-0.05, 0) is 68.8 Å². The Bertz CT molecular complexity index is 1360. The molecule has 0 bridgehead atoms. The van der Waals surface area contributed by atoms with E-state index in [2.05, 4.69) is 24.1 Å². The second kappa shape index (κ2) is 7.27. The lowest BCUT2D eigenvalue weighted by atomic mass is 9.94. The molecule has 0 unspecified atom stereocenters. The van der Waals surface area contributed by atoms with Crippen molar-refractivity contribution in [2.24, 2.45) is 0 Å². The highest BCUT2D eigenvalue weighted by molar-refractivity contribution is 5.87. The zero-order chi connectivity index (χ0) is 21.9. The van der Waals surface area contributed by atoms with Crippen LogP contribution in [0.1, 0.15) is 38.4 Å². The van der Waals surface area contributed by atoms with E-state index in [0.717, 1.165) is 12.8 Å². The Morgan fingerprint density at radius 2 is 1.74 bits per heavy atom. The largest absolute Gasteiger partial charge is 0.312 e. The third-order valence-electron chi connectivity index (χ3n) is 6.16. The van der Waals surface area contributed by atoms with Crippen molar-refractivity contribution in [2.45, 2.75) is 51.7 Å². The van der Waals surface area contributed by atoms with E-state index >= 15 is 4.39 Å². The maximum atomic E-state index is 15.2. The van der Waals surface area contributed by atoms with Gasteiger partial charge in [-0.2, -0.15) is 0 Å². The molecular formula is C24H24F2N4O. The maximum absolute atomic E-state index is 15.2. The molecule has 160 valence electrons. The Morgan fingerprint density at radius 3 is 2.48 bits per heavy atom. The van der Waals surface area contributed by atoms with E-state index in [-0.39, 0.29) is 22.6 Å². The summed E-state index contributed by atoms with van der Waals surface area (Å²) in [5.74, 6) is -1.07. The molecule has 1 aromatic carbocycles. The molecule has 1 aliphatic heterocycles. The summed E-state index contributed by atoms with van der Waals surface area (Å²) in [6.45, 7) is 5.98.